The van der Waals surface area contributed by atoms with Crippen LogP contribution in [0.3, 0.4) is 0 Å². The van der Waals surface area contributed by atoms with Crippen molar-refractivity contribution in [3.05, 3.63) is 47.7 Å². The molecule has 0 radical (unpaired) electrons. The molecular weight excluding hydrogens is 266 g/mol. The van der Waals surface area contributed by atoms with Gasteiger partial charge in [0.25, 0.3) is 0 Å². The van der Waals surface area contributed by atoms with Crippen LogP contribution in [0.1, 0.15) is 23.9 Å². The highest BCUT2D eigenvalue weighted by Gasteiger charge is 2.21. The third-order valence-corrected chi connectivity index (χ3v) is 4.87. The van der Waals surface area contributed by atoms with E-state index in [4.69, 9.17) is 4.98 Å². The number of pyridine rings is 1. The molecule has 3 nitrogen and oxygen atoms in total. The van der Waals surface area contributed by atoms with E-state index < -0.39 is 0 Å². The number of nitrogens with one attached hydrogen (secondary N) is 1. The van der Waals surface area contributed by atoms with E-state index in [0.717, 1.165) is 17.6 Å². The molecule has 0 bridgehead atoms. The number of aromatic nitrogens is 2. The molecule has 1 N–H and O–H groups in total. The molecule has 0 unspecified atom stereocenters. The molecule has 1 aliphatic rings. The van der Waals surface area contributed by atoms with E-state index in [9.17, 15) is 0 Å². The van der Waals surface area contributed by atoms with Crippen molar-refractivity contribution in [2.24, 2.45) is 0 Å². The lowest BCUT2D eigenvalue weighted by atomic mass is 10.1. The fraction of sp³-hybridized carbons (Fsp3) is 0.250. The lowest BCUT2D eigenvalue weighted by Gasteiger charge is -2.04. The first-order valence-corrected chi connectivity index (χ1v) is 7.77. The lowest BCUT2D eigenvalue weighted by molar-refractivity contribution is 0.644. The average Bonchev–Trinajstić information content (AvgIpc) is 3.16. The van der Waals surface area contributed by atoms with Gasteiger partial charge in [-0.3, -0.25) is 4.98 Å². The number of fused-ring (bicyclic) bond motifs is 1. The summed E-state index contributed by atoms with van der Waals surface area (Å²) in [5.74, 6) is 0. The molecule has 0 saturated carbocycles. The molecule has 3 heterocycles. The largest absolute Gasteiger partial charge is 0.308 e. The summed E-state index contributed by atoms with van der Waals surface area (Å²) in [5.41, 5.74) is 3.39. The molecular formula is C16H15N3S. The maximum atomic E-state index is 4.89. The molecule has 3 aromatic rings. The van der Waals surface area contributed by atoms with Crippen molar-refractivity contribution in [2.45, 2.75) is 18.9 Å². The van der Waals surface area contributed by atoms with E-state index in [2.05, 4.69) is 34.6 Å². The molecule has 1 saturated heterocycles. The predicted octanol–water partition coefficient (Wildman–Crippen LogP) is 3.78. The van der Waals surface area contributed by atoms with Gasteiger partial charge in [0.05, 0.1) is 16.3 Å². The quantitative estimate of drug-likeness (QED) is 0.776. The van der Waals surface area contributed by atoms with Gasteiger partial charge in [0.15, 0.2) is 0 Å². The summed E-state index contributed by atoms with van der Waals surface area (Å²) in [5, 5.41) is 4.72. The molecule has 1 fully saturated rings. The number of hydrogen-bond acceptors (Lipinski definition) is 4. The van der Waals surface area contributed by atoms with E-state index in [-0.39, 0.29) is 0 Å². The van der Waals surface area contributed by atoms with Crippen LogP contribution in [-0.2, 0) is 0 Å². The normalized spacial score (nSPS) is 18.7. The molecule has 2 aromatic heterocycles. The van der Waals surface area contributed by atoms with Gasteiger partial charge in [-0.1, -0.05) is 30.3 Å². The van der Waals surface area contributed by atoms with Crippen molar-refractivity contribution in [1.82, 2.24) is 15.3 Å². The van der Waals surface area contributed by atoms with Crippen LogP contribution in [0.25, 0.3) is 21.3 Å². The molecule has 1 aromatic carbocycles. The number of hydrogen-bond donors (Lipinski definition) is 1. The van der Waals surface area contributed by atoms with Crippen LogP contribution < -0.4 is 5.32 Å². The van der Waals surface area contributed by atoms with Crippen LogP contribution in [0.15, 0.2) is 42.7 Å². The second-order valence-corrected chi connectivity index (χ2v) is 6.16. The summed E-state index contributed by atoms with van der Waals surface area (Å²) in [6, 6.07) is 10.8. The van der Waals surface area contributed by atoms with Gasteiger partial charge in [-0.15, -0.1) is 11.3 Å². The zero-order chi connectivity index (χ0) is 13.4. The predicted molar refractivity (Wildman–Crippen MR) is 82.8 cm³/mol. The van der Waals surface area contributed by atoms with Gasteiger partial charge in [0.1, 0.15) is 5.01 Å². The van der Waals surface area contributed by atoms with Crippen LogP contribution in [-0.4, -0.2) is 16.5 Å². The fourth-order valence-corrected chi connectivity index (χ4v) is 3.82. The molecule has 4 heteroatoms. The summed E-state index contributed by atoms with van der Waals surface area (Å²) < 4.78 is 1.18. The fourth-order valence-electron chi connectivity index (χ4n) is 2.74. The summed E-state index contributed by atoms with van der Waals surface area (Å²) in [6.07, 6.45) is 6.28. The van der Waals surface area contributed by atoms with Gasteiger partial charge in [-0.05, 0) is 24.9 Å². The molecule has 100 valence electrons. The zero-order valence-corrected chi connectivity index (χ0v) is 11.9. The minimum atomic E-state index is 0.427. The topological polar surface area (TPSA) is 37.8 Å². The molecule has 0 spiro atoms. The van der Waals surface area contributed by atoms with E-state index in [1.165, 1.54) is 28.1 Å². The average molecular weight is 281 g/mol. The second kappa shape index (κ2) is 4.96. The lowest BCUT2D eigenvalue weighted by Crippen LogP contribution is -2.12. The highest BCUT2D eigenvalue weighted by molar-refractivity contribution is 7.18. The Bertz CT molecular complexity index is 730. The first-order chi connectivity index (χ1) is 9.92. The van der Waals surface area contributed by atoms with Crippen molar-refractivity contribution < 1.29 is 0 Å². The summed E-state index contributed by atoms with van der Waals surface area (Å²) in [4.78, 5) is 9.27. The zero-order valence-electron chi connectivity index (χ0n) is 11.0. The number of rotatable bonds is 2. The molecule has 1 atom stereocenters. The SMILES string of the molecule is c1ccc(-c2cncc3sc([C@@H]4CCCN4)nc23)cc1. The standard InChI is InChI=1S/C16H15N3S/c1-2-5-11(6-3-1)12-9-17-10-14-15(12)19-16(20-14)13-7-4-8-18-13/h1-3,5-6,9-10,13,18H,4,7-8H2/t13-/m0/s1. The van der Waals surface area contributed by atoms with E-state index in [1.807, 2.05) is 18.5 Å². The Morgan fingerprint density at radius 1 is 1.15 bits per heavy atom. The number of nitrogens with zero attached hydrogens (tertiary/aromatic N) is 2. The maximum Gasteiger partial charge on any atom is 0.111 e. The Labute approximate surface area is 121 Å². The van der Waals surface area contributed by atoms with Gasteiger partial charge in [0.2, 0.25) is 0 Å². The smallest absolute Gasteiger partial charge is 0.111 e. The third-order valence-electron chi connectivity index (χ3n) is 3.76. The van der Waals surface area contributed by atoms with E-state index >= 15 is 0 Å². The second-order valence-electron chi connectivity index (χ2n) is 5.10. The first kappa shape index (κ1) is 12.0. The molecule has 0 aliphatic carbocycles. The monoisotopic (exact) mass is 281 g/mol. The van der Waals surface area contributed by atoms with Crippen LogP contribution >= 0.6 is 11.3 Å². The Hall–Kier alpha value is -1.78. The van der Waals surface area contributed by atoms with Gasteiger partial charge in [-0.25, -0.2) is 4.98 Å². The molecule has 0 amide bonds. The Morgan fingerprint density at radius 3 is 2.85 bits per heavy atom. The molecule has 1 aliphatic heterocycles. The van der Waals surface area contributed by atoms with Crippen LogP contribution in [0.5, 0.6) is 0 Å². The number of benzene rings is 1. The van der Waals surface area contributed by atoms with Gasteiger partial charge >= 0.3 is 0 Å². The van der Waals surface area contributed by atoms with Crippen LogP contribution in [0.2, 0.25) is 0 Å². The van der Waals surface area contributed by atoms with Crippen molar-refractivity contribution >= 4 is 21.6 Å². The minimum Gasteiger partial charge on any atom is -0.308 e. The van der Waals surface area contributed by atoms with Crippen molar-refractivity contribution in [1.29, 1.82) is 0 Å². The summed E-state index contributed by atoms with van der Waals surface area (Å²) in [6.45, 7) is 1.10. The molecule has 20 heavy (non-hydrogen) atoms. The van der Waals surface area contributed by atoms with E-state index in [1.54, 1.807) is 11.3 Å². The van der Waals surface area contributed by atoms with Gasteiger partial charge in [-0.2, -0.15) is 0 Å². The maximum absolute atomic E-state index is 4.89. The Morgan fingerprint density at radius 2 is 2.05 bits per heavy atom. The first-order valence-electron chi connectivity index (χ1n) is 6.95. The van der Waals surface area contributed by atoms with E-state index in [0.29, 0.717) is 6.04 Å². The minimum absolute atomic E-state index is 0.427. The van der Waals surface area contributed by atoms with Gasteiger partial charge < -0.3 is 5.32 Å². The van der Waals surface area contributed by atoms with Crippen LogP contribution in [0, 0.1) is 0 Å². The van der Waals surface area contributed by atoms with Crippen molar-refractivity contribution in [2.75, 3.05) is 6.54 Å². The van der Waals surface area contributed by atoms with Crippen molar-refractivity contribution in [3.8, 4) is 11.1 Å². The Balaban J connectivity index is 1.85. The van der Waals surface area contributed by atoms with Crippen molar-refractivity contribution in [3.63, 3.8) is 0 Å². The highest BCUT2D eigenvalue weighted by Crippen LogP contribution is 2.34. The Kier molecular flexibility index (Phi) is 2.98. The molecule has 4 rings (SSSR count). The number of thiazole rings is 1. The summed E-state index contributed by atoms with van der Waals surface area (Å²) >= 11 is 1.77. The van der Waals surface area contributed by atoms with Gasteiger partial charge in [0, 0.05) is 18.0 Å². The summed E-state index contributed by atoms with van der Waals surface area (Å²) in [7, 11) is 0. The third kappa shape index (κ3) is 2.01. The highest BCUT2D eigenvalue weighted by atomic mass is 32.1. The van der Waals surface area contributed by atoms with Crippen LogP contribution in [0.4, 0.5) is 0 Å².